The molecule has 2 nitrogen and oxygen atoms in total. The van der Waals surface area contributed by atoms with Crippen molar-refractivity contribution in [1.29, 1.82) is 0 Å². The molecule has 0 N–H and O–H groups in total. The van der Waals surface area contributed by atoms with E-state index in [2.05, 4.69) is 182 Å². The maximum absolute atomic E-state index is 4.95. The summed E-state index contributed by atoms with van der Waals surface area (Å²) in [4.78, 5) is 9.90. The first-order chi connectivity index (χ1) is 24.8. The normalized spacial score (nSPS) is 11.6. The molecule has 0 aliphatic heterocycles. The van der Waals surface area contributed by atoms with Crippen molar-refractivity contribution < 1.29 is 0 Å². The molecule has 0 saturated heterocycles. The van der Waals surface area contributed by atoms with Gasteiger partial charge in [0, 0.05) is 32.7 Å². The molecule has 10 aromatic rings. The van der Waals surface area contributed by atoms with Gasteiger partial charge in [-0.3, -0.25) is 0 Å². The Bertz CT molecular complexity index is 2600. The number of pyridine rings is 2. The fraction of sp³-hybridized carbons (Fsp3) is 0. The van der Waals surface area contributed by atoms with Crippen LogP contribution in [0.3, 0.4) is 0 Å². The lowest BCUT2D eigenvalue weighted by atomic mass is 9.89. The lowest BCUT2D eigenvalue weighted by Gasteiger charge is -2.15. The lowest BCUT2D eigenvalue weighted by molar-refractivity contribution is 1.49. The minimum Gasteiger partial charge on any atom is -0.248 e. The van der Waals surface area contributed by atoms with Crippen molar-refractivity contribution in [2.75, 3.05) is 0 Å². The number of hydrogen-bond donors (Lipinski definition) is 0. The number of hydrogen-bond acceptors (Lipinski definition) is 2. The molecule has 8 aromatic carbocycles. The molecule has 0 radical (unpaired) electrons. The van der Waals surface area contributed by atoms with Crippen LogP contribution in [0.2, 0.25) is 0 Å². The van der Waals surface area contributed by atoms with Crippen molar-refractivity contribution in [2.45, 2.75) is 0 Å². The SMILES string of the molecule is c1cc(-c2ccc(-c3c4ccccc4nc4ccccc34)cc2)c2c(-c3ccc(-c4c5ccccc5nc5ccccc45)cc3)cccc2c1. The molecule has 0 amide bonds. The fourth-order valence-electron chi connectivity index (χ4n) is 7.76. The first-order valence-electron chi connectivity index (χ1n) is 17.1. The molecule has 2 heteroatoms. The molecular formula is C48H30N2. The number of aromatic nitrogens is 2. The van der Waals surface area contributed by atoms with Crippen LogP contribution in [0.1, 0.15) is 0 Å². The summed E-state index contributed by atoms with van der Waals surface area (Å²) in [6.07, 6.45) is 0. The molecule has 232 valence electrons. The summed E-state index contributed by atoms with van der Waals surface area (Å²) in [7, 11) is 0. The largest absolute Gasteiger partial charge is 0.248 e. The van der Waals surface area contributed by atoms with Gasteiger partial charge in [0.2, 0.25) is 0 Å². The average molecular weight is 635 g/mol. The molecule has 10 rings (SSSR count). The standard InChI is InChI=1S/C48H30N2/c1-5-19-42-38(13-1)47(39-14-2-6-20-43(39)49-42)34-27-23-31(24-28-34)36-17-9-11-33-12-10-18-37(46(33)36)32-25-29-35(30-26-32)48-40-15-3-7-21-44(40)50-45-22-8-4-16-41(45)48/h1-30H. The third-order valence-corrected chi connectivity index (χ3v) is 10.0. The Morgan fingerprint density at radius 1 is 0.260 bits per heavy atom. The van der Waals surface area contributed by atoms with Gasteiger partial charge in [-0.2, -0.15) is 0 Å². The van der Waals surface area contributed by atoms with Gasteiger partial charge in [-0.25, -0.2) is 9.97 Å². The third kappa shape index (κ3) is 4.57. The van der Waals surface area contributed by atoms with Gasteiger partial charge in [-0.15, -0.1) is 0 Å². The van der Waals surface area contributed by atoms with Gasteiger partial charge in [-0.1, -0.05) is 158 Å². The Morgan fingerprint density at radius 3 is 0.940 bits per heavy atom. The van der Waals surface area contributed by atoms with E-state index in [1.807, 2.05) is 0 Å². The molecular weight excluding hydrogens is 605 g/mol. The Hall–Kier alpha value is -6.64. The van der Waals surface area contributed by atoms with Gasteiger partial charge >= 0.3 is 0 Å². The highest BCUT2D eigenvalue weighted by molar-refractivity contribution is 6.12. The number of fused-ring (bicyclic) bond motifs is 5. The highest BCUT2D eigenvalue weighted by Gasteiger charge is 2.15. The zero-order chi connectivity index (χ0) is 33.0. The summed E-state index contributed by atoms with van der Waals surface area (Å²) in [6, 6.07) is 65.2. The number of benzene rings is 8. The Morgan fingerprint density at radius 2 is 0.580 bits per heavy atom. The minimum atomic E-state index is 1.01. The molecule has 0 saturated carbocycles. The van der Waals surface area contributed by atoms with Crippen LogP contribution < -0.4 is 0 Å². The monoisotopic (exact) mass is 634 g/mol. The number of rotatable bonds is 4. The van der Waals surface area contributed by atoms with Crippen LogP contribution in [-0.2, 0) is 0 Å². The van der Waals surface area contributed by atoms with Crippen molar-refractivity contribution in [3.63, 3.8) is 0 Å². The molecule has 2 aromatic heterocycles. The van der Waals surface area contributed by atoms with Crippen LogP contribution in [-0.4, -0.2) is 9.97 Å². The van der Waals surface area contributed by atoms with Crippen molar-refractivity contribution in [2.24, 2.45) is 0 Å². The number of para-hydroxylation sites is 4. The van der Waals surface area contributed by atoms with Crippen LogP contribution in [0.15, 0.2) is 182 Å². The molecule has 0 atom stereocenters. The Balaban J connectivity index is 1.09. The van der Waals surface area contributed by atoms with Crippen molar-refractivity contribution in [3.8, 4) is 44.5 Å². The molecule has 0 aliphatic rings. The quantitative estimate of drug-likeness (QED) is 0.180. The minimum absolute atomic E-state index is 1.01. The highest BCUT2D eigenvalue weighted by Crippen LogP contribution is 2.41. The second-order valence-corrected chi connectivity index (χ2v) is 12.9. The second kappa shape index (κ2) is 11.5. The smallest absolute Gasteiger partial charge is 0.0715 e. The molecule has 2 heterocycles. The van der Waals surface area contributed by atoms with Gasteiger partial charge in [0.1, 0.15) is 0 Å². The number of nitrogens with zero attached hydrogens (tertiary/aromatic N) is 2. The fourth-order valence-corrected chi connectivity index (χ4v) is 7.76. The van der Waals surface area contributed by atoms with E-state index >= 15 is 0 Å². The predicted molar refractivity (Wildman–Crippen MR) is 211 cm³/mol. The van der Waals surface area contributed by atoms with E-state index in [0.717, 1.165) is 22.1 Å². The van der Waals surface area contributed by atoms with Crippen LogP contribution in [0.5, 0.6) is 0 Å². The summed E-state index contributed by atoms with van der Waals surface area (Å²) >= 11 is 0. The molecule has 0 unspecified atom stereocenters. The van der Waals surface area contributed by atoms with Gasteiger partial charge in [0.05, 0.1) is 22.1 Å². The lowest BCUT2D eigenvalue weighted by Crippen LogP contribution is -1.90. The van der Waals surface area contributed by atoms with Crippen molar-refractivity contribution in [3.05, 3.63) is 182 Å². The highest BCUT2D eigenvalue weighted by atomic mass is 14.7. The van der Waals surface area contributed by atoms with Gasteiger partial charge in [-0.05, 0) is 68.4 Å². The van der Waals surface area contributed by atoms with E-state index in [4.69, 9.17) is 9.97 Å². The van der Waals surface area contributed by atoms with E-state index in [1.54, 1.807) is 0 Å². The Kier molecular flexibility index (Phi) is 6.53. The second-order valence-electron chi connectivity index (χ2n) is 12.9. The molecule has 0 aliphatic carbocycles. The topological polar surface area (TPSA) is 25.8 Å². The molecule has 50 heavy (non-hydrogen) atoms. The predicted octanol–water partition coefficient (Wildman–Crippen LogP) is 12.9. The van der Waals surface area contributed by atoms with Gasteiger partial charge < -0.3 is 0 Å². The summed E-state index contributed by atoms with van der Waals surface area (Å²) in [5.41, 5.74) is 13.7. The van der Waals surface area contributed by atoms with Crippen LogP contribution in [0.4, 0.5) is 0 Å². The van der Waals surface area contributed by atoms with Gasteiger partial charge in [0.25, 0.3) is 0 Å². The molecule has 0 fully saturated rings. The van der Waals surface area contributed by atoms with Crippen LogP contribution >= 0.6 is 0 Å². The van der Waals surface area contributed by atoms with Crippen molar-refractivity contribution >= 4 is 54.4 Å². The average Bonchev–Trinajstić information content (AvgIpc) is 3.19. The Labute approximate surface area is 290 Å². The zero-order valence-corrected chi connectivity index (χ0v) is 27.2. The first-order valence-corrected chi connectivity index (χ1v) is 17.1. The van der Waals surface area contributed by atoms with Crippen molar-refractivity contribution in [1.82, 2.24) is 9.97 Å². The van der Waals surface area contributed by atoms with E-state index in [0.29, 0.717) is 0 Å². The van der Waals surface area contributed by atoms with Crippen LogP contribution in [0, 0.1) is 0 Å². The summed E-state index contributed by atoms with van der Waals surface area (Å²) in [6.45, 7) is 0. The maximum atomic E-state index is 4.95. The summed E-state index contributed by atoms with van der Waals surface area (Å²) in [5.74, 6) is 0. The van der Waals surface area contributed by atoms with Crippen LogP contribution in [0.25, 0.3) is 98.9 Å². The van der Waals surface area contributed by atoms with E-state index in [1.165, 1.54) is 76.8 Å². The third-order valence-electron chi connectivity index (χ3n) is 10.0. The zero-order valence-electron chi connectivity index (χ0n) is 27.2. The maximum Gasteiger partial charge on any atom is 0.0715 e. The summed E-state index contributed by atoms with van der Waals surface area (Å²) < 4.78 is 0. The molecule has 0 spiro atoms. The first kappa shape index (κ1) is 28.4. The van der Waals surface area contributed by atoms with Gasteiger partial charge in [0.15, 0.2) is 0 Å². The van der Waals surface area contributed by atoms with E-state index in [-0.39, 0.29) is 0 Å². The van der Waals surface area contributed by atoms with E-state index < -0.39 is 0 Å². The van der Waals surface area contributed by atoms with E-state index in [9.17, 15) is 0 Å². The molecule has 0 bridgehead atoms. The summed E-state index contributed by atoms with van der Waals surface area (Å²) in [5, 5.41) is 7.16.